The molecule has 6 heteroatoms. The van der Waals surface area contributed by atoms with Crippen molar-refractivity contribution in [1.29, 1.82) is 0 Å². The Morgan fingerprint density at radius 3 is 1.18 bits per heavy atom. The highest BCUT2D eigenvalue weighted by molar-refractivity contribution is 6.27. The highest BCUT2D eigenvalue weighted by Gasteiger charge is 2.26. The van der Waals surface area contributed by atoms with Crippen molar-refractivity contribution in [3.63, 3.8) is 0 Å². The Kier molecular flexibility index (Phi) is 17.5. The van der Waals surface area contributed by atoms with Gasteiger partial charge in [0.15, 0.2) is 0 Å². The van der Waals surface area contributed by atoms with E-state index in [2.05, 4.69) is 102 Å². The smallest absolute Gasteiger partial charge is 0.434 e. The van der Waals surface area contributed by atoms with Crippen LogP contribution in [0.1, 0.15) is 143 Å². The van der Waals surface area contributed by atoms with Crippen LogP contribution in [-0.4, -0.2) is 25.5 Å². The van der Waals surface area contributed by atoms with E-state index < -0.39 is 12.3 Å². The Morgan fingerprint density at radius 2 is 0.806 bits per heavy atom. The molecule has 0 aliphatic carbocycles. The summed E-state index contributed by atoms with van der Waals surface area (Å²) in [6.07, 6.45) is 15.5. The number of benzene rings is 6. The average Bonchev–Trinajstić information content (AvgIpc) is 3.29. The van der Waals surface area contributed by atoms with Crippen molar-refractivity contribution in [1.82, 2.24) is 0 Å². The van der Waals surface area contributed by atoms with Crippen LogP contribution < -0.4 is 9.47 Å². The Hall–Kier alpha value is -5.10. The first-order valence-electron chi connectivity index (χ1n) is 24.0. The van der Waals surface area contributed by atoms with Gasteiger partial charge in [0.05, 0.1) is 13.2 Å². The highest BCUT2D eigenvalue weighted by Crippen LogP contribution is 2.50. The normalized spacial score (nSPS) is 12.5. The van der Waals surface area contributed by atoms with E-state index in [9.17, 15) is 9.59 Å². The van der Waals surface area contributed by atoms with Crippen LogP contribution >= 0.6 is 0 Å². The Balaban J connectivity index is 1.66. The molecule has 0 aromatic heterocycles. The third kappa shape index (κ3) is 11.3. The predicted molar refractivity (Wildman–Crippen MR) is 259 cm³/mol. The summed E-state index contributed by atoms with van der Waals surface area (Å²) in [5, 5.41) is 7.33. The van der Waals surface area contributed by atoms with E-state index in [1.165, 1.54) is 49.7 Å². The first kappa shape index (κ1) is 46.4. The highest BCUT2D eigenvalue weighted by atomic mass is 16.7. The van der Waals surface area contributed by atoms with Crippen molar-refractivity contribution in [2.45, 2.75) is 144 Å². The van der Waals surface area contributed by atoms with E-state index in [0.29, 0.717) is 36.5 Å². The van der Waals surface area contributed by atoms with E-state index in [1.807, 2.05) is 24.3 Å². The molecule has 0 fully saturated rings. The van der Waals surface area contributed by atoms with Crippen LogP contribution in [0.4, 0.5) is 9.59 Å². The van der Waals surface area contributed by atoms with E-state index >= 15 is 0 Å². The fourth-order valence-electron chi connectivity index (χ4n) is 9.18. The lowest BCUT2D eigenvalue weighted by Gasteiger charge is -2.23. The molecule has 0 heterocycles. The van der Waals surface area contributed by atoms with Crippen molar-refractivity contribution in [3.05, 3.63) is 96.1 Å². The van der Waals surface area contributed by atoms with Crippen molar-refractivity contribution >= 4 is 55.4 Å². The molecule has 0 saturated carbocycles. The standard InChI is InChI=1S/C56H70O6/c1-7-13-21-33-59-55(57)61-53-45-27-19-17-25-43(45)51(49-37-41(29-31-47(49)53)35-39(11-5)23-15-9-3)52-44-26-18-20-28-46(44)54(62-56(58)60-34-22-14-8-2)48-32-30-42(38-50(48)52)36-40(12-6)24-16-10-4/h17-20,25-32,37-40H,7-16,21-24,33-36H2,1-6H3. The number of unbranched alkanes of at least 4 members (excludes halogenated alkanes) is 6. The molecule has 0 radical (unpaired) electrons. The third-order valence-electron chi connectivity index (χ3n) is 12.8. The van der Waals surface area contributed by atoms with Crippen LogP contribution in [0.25, 0.3) is 54.2 Å². The van der Waals surface area contributed by atoms with Crippen LogP contribution in [0.3, 0.4) is 0 Å². The zero-order chi connectivity index (χ0) is 43.8. The van der Waals surface area contributed by atoms with Crippen LogP contribution in [0.5, 0.6) is 11.5 Å². The minimum absolute atomic E-state index is 0.319. The van der Waals surface area contributed by atoms with Gasteiger partial charge in [-0.15, -0.1) is 0 Å². The van der Waals surface area contributed by atoms with Gasteiger partial charge < -0.3 is 18.9 Å². The van der Waals surface area contributed by atoms with Gasteiger partial charge in [-0.3, -0.25) is 0 Å². The molecule has 0 amide bonds. The SMILES string of the molecule is CCCCCOC(=O)Oc1c2ccccc2c(-c2c3ccccc3c(OC(=O)OCCCCC)c3ccc(CC(CC)CCCC)cc23)c2cc(CC(CC)CCCC)ccc12. The summed E-state index contributed by atoms with van der Waals surface area (Å²) in [7, 11) is 0. The predicted octanol–water partition coefficient (Wildman–Crippen LogP) is 16.9. The molecular weight excluding hydrogens is 769 g/mol. The molecule has 62 heavy (non-hydrogen) atoms. The van der Waals surface area contributed by atoms with Crippen molar-refractivity contribution < 1.29 is 28.5 Å². The summed E-state index contributed by atoms with van der Waals surface area (Å²) in [5.74, 6) is 2.14. The second-order valence-electron chi connectivity index (χ2n) is 17.3. The summed E-state index contributed by atoms with van der Waals surface area (Å²) in [6, 6.07) is 29.9. The zero-order valence-electron chi connectivity index (χ0n) is 38.4. The largest absolute Gasteiger partial charge is 0.513 e. The molecular formula is C56H70O6. The molecule has 6 rings (SSSR count). The Labute approximate surface area is 370 Å². The maximum Gasteiger partial charge on any atom is 0.513 e. The molecule has 0 bridgehead atoms. The quantitative estimate of drug-likeness (QED) is 0.0277. The number of rotatable bonds is 23. The van der Waals surface area contributed by atoms with E-state index in [-0.39, 0.29) is 0 Å². The average molecular weight is 839 g/mol. The first-order chi connectivity index (χ1) is 30.3. The minimum Gasteiger partial charge on any atom is -0.434 e. The van der Waals surface area contributed by atoms with Gasteiger partial charge in [0.2, 0.25) is 0 Å². The zero-order valence-corrected chi connectivity index (χ0v) is 38.4. The molecule has 0 aliphatic rings. The van der Waals surface area contributed by atoms with Gasteiger partial charge in [0, 0.05) is 21.5 Å². The second-order valence-corrected chi connectivity index (χ2v) is 17.3. The third-order valence-corrected chi connectivity index (χ3v) is 12.8. The van der Waals surface area contributed by atoms with Gasteiger partial charge in [0.25, 0.3) is 0 Å². The summed E-state index contributed by atoms with van der Waals surface area (Å²) in [5.41, 5.74) is 4.64. The number of ether oxygens (including phenoxy) is 4. The lowest BCUT2D eigenvalue weighted by molar-refractivity contribution is 0.0973. The number of carbonyl (C=O) groups is 2. The van der Waals surface area contributed by atoms with Gasteiger partial charge in [-0.05, 0) is 81.3 Å². The molecule has 0 N–H and O–H groups in total. The van der Waals surface area contributed by atoms with Gasteiger partial charge >= 0.3 is 12.3 Å². The molecule has 0 saturated heterocycles. The molecule has 2 unspecified atom stereocenters. The van der Waals surface area contributed by atoms with Crippen molar-refractivity contribution in [3.8, 4) is 22.6 Å². The summed E-state index contributed by atoms with van der Waals surface area (Å²) >= 11 is 0. The van der Waals surface area contributed by atoms with E-state index in [4.69, 9.17) is 18.9 Å². The molecule has 6 aromatic carbocycles. The van der Waals surface area contributed by atoms with Crippen molar-refractivity contribution in [2.75, 3.05) is 13.2 Å². The molecule has 0 spiro atoms. The van der Waals surface area contributed by atoms with Gasteiger partial charge in [-0.25, -0.2) is 9.59 Å². The Morgan fingerprint density at radius 1 is 0.435 bits per heavy atom. The Bertz CT molecular complexity index is 2240. The molecule has 6 aromatic rings. The van der Waals surface area contributed by atoms with Crippen LogP contribution in [0.15, 0.2) is 84.9 Å². The number of carbonyl (C=O) groups excluding carboxylic acids is 2. The lowest BCUT2D eigenvalue weighted by Crippen LogP contribution is -2.12. The summed E-state index contributed by atoms with van der Waals surface area (Å²) < 4.78 is 23.8. The maximum absolute atomic E-state index is 13.5. The van der Waals surface area contributed by atoms with E-state index in [0.717, 1.165) is 118 Å². The van der Waals surface area contributed by atoms with Crippen LogP contribution in [0, 0.1) is 11.8 Å². The van der Waals surface area contributed by atoms with Gasteiger partial charge in [-0.2, -0.15) is 0 Å². The van der Waals surface area contributed by atoms with Gasteiger partial charge in [0.1, 0.15) is 11.5 Å². The van der Waals surface area contributed by atoms with Crippen LogP contribution in [-0.2, 0) is 22.3 Å². The fourth-order valence-corrected chi connectivity index (χ4v) is 9.18. The molecule has 0 aliphatic heterocycles. The van der Waals surface area contributed by atoms with E-state index in [1.54, 1.807) is 0 Å². The van der Waals surface area contributed by atoms with Crippen LogP contribution in [0.2, 0.25) is 0 Å². The second kappa shape index (κ2) is 23.4. The summed E-state index contributed by atoms with van der Waals surface area (Å²) in [4.78, 5) is 26.9. The summed E-state index contributed by atoms with van der Waals surface area (Å²) in [6.45, 7) is 14.0. The molecule has 330 valence electrons. The van der Waals surface area contributed by atoms with Gasteiger partial charge in [-0.1, -0.05) is 204 Å². The lowest BCUT2D eigenvalue weighted by atomic mass is 9.83. The van der Waals surface area contributed by atoms with Crippen molar-refractivity contribution in [2.24, 2.45) is 11.8 Å². The number of hydrogen-bond acceptors (Lipinski definition) is 6. The number of fused-ring (bicyclic) bond motifs is 4. The monoisotopic (exact) mass is 839 g/mol. The fraction of sp³-hybridized carbons (Fsp3) is 0.464. The first-order valence-corrected chi connectivity index (χ1v) is 24.0. The topological polar surface area (TPSA) is 71.1 Å². The number of hydrogen-bond donors (Lipinski definition) is 0. The molecule has 6 nitrogen and oxygen atoms in total. The molecule has 2 atom stereocenters. The minimum atomic E-state index is -0.688. The maximum atomic E-state index is 13.5.